The Bertz CT molecular complexity index is 1240. The Kier molecular flexibility index (Phi) is 8.08. The first-order valence-electron chi connectivity index (χ1n) is 11.2. The molecule has 0 spiro atoms. The summed E-state index contributed by atoms with van der Waals surface area (Å²) < 4.78 is 8.92. The second-order valence-electron chi connectivity index (χ2n) is 8.02. The number of nitrogens with one attached hydrogen (secondary N) is 2. The van der Waals surface area contributed by atoms with Crippen molar-refractivity contribution in [3.8, 4) is 5.88 Å². The Morgan fingerprint density at radius 1 is 1.31 bits per heavy atom. The Balaban J connectivity index is 2.08. The number of hydrogen-bond acceptors (Lipinski definition) is 6. The van der Waals surface area contributed by atoms with E-state index in [1.165, 1.54) is 11.0 Å². The molecule has 10 heteroatoms. The van der Waals surface area contributed by atoms with E-state index in [1.54, 1.807) is 53.0 Å². The number of hydrogen-bond donors (Lipinski definition) is 2. The Morgan fingerprint density at radius 2 is 2.09 bits per heavy atom. The number of aromatic nitrogens is 4. The summed E-state index contributed by atoms with van der Waals surface area (Å²) in [7, 11) is 5.26. The van der Waals surface area contributed by atoms with Crippen LogP contribution < -0.4 is 20.3 Å². The maximum atomic E-state index is 12.2. The fourth-order valence-corrected chi connectivity index (χ4v) is 3.53. The third-order valence-corrected chi connectivity index (χ3v) is 5.58. The predicted octanol–water partition coefficient (Wildman–Crippen LogP) is 3.87. The van der Waals surface area contributed by atoms with Crippen LogP contribution in [0.1, 0.15) is 37.7 Å². The first-order valence-corrected chi connectivity index (χ1v) is 11.2. The average molecular weight is 478 g/mol. The van der Waals surface area contributed by atoms with E-state index in [1.807, 2.05) is 20.3 Å². The lowest BCUT2D eigenvalue weighted by atomic mass is 10.0. The lowest BCUT2D eigenvalue weighted by molar-refractivity contribution is -0.112. The summed E-state index contributed by atoms with van der Waals surface area (Å²) in [6.07, 6.45) is 7.95. The van der Waals surface area contributed by atoms with E-state index < -0.39 is 0 Å². The van der Waals surface area contributed by atoms with Crippen molar-refractivity contribution in [1.29, 1.82) is 0 Å². The molecule has 0 saturated heterocycles. The molecule has 0 aliphatic carbocycles. The van der Waals surface area contributed by atoms with E-state index in [-0.39, 0.29) is 11.8 Å². The number of carbonyl (C=O) groups excluding carboxylic acids is 2. The van der Waals surface area contributed by atoms with Crippen molar-refractivity contribution >= 4 is 35.1 Å². The van der Waals surface area contributed by atoms with Gasteiger partial charge in [0.15, 0.2) is 5.82 Å². The summed E-state index contributed by atoms with van der Waals surface area (Å²) >= 11 is 0. The molecule has 0 bridgehead atoms. The van der Waals surface area contributed by atoms with Crippen LogP contribution in [0.2, 0.25) is 0 Å². The SMILES string of the molecule is C=CC(=O)Nc1cccc(N(C=O)/C=C(/Nc2cn(C)nc2C(C)CC)c2ncc(OC)n2C)c1. The Hall–Kier alpha value is -4.34. The van der Waals surface area contributed by atoms with Crippen LogP contribution in [0.5, 0.6) is 5.88 Å². The van der Waals surface area contributed by atoms with Crippen LogP contribution in [0.3, 0.4) is 0 Å². The van der Waals surface area contributed by atoms with Gasteiger partial charge in [0.2, 0.25) is 18.2 Å². The van der Waals surface area contributed by atoms with Gasteiger partial charge in [-0.15, -0.1) is 0 Å². The highest BCUT2D eigenvalue weighted by molar-refractivity contribution is 5.99. The van der Waals surface area contributed by atoms with Crippen LogP contribution in [-0.2, 0) is 23.7 Å². The average Bonchev–Trinajstić information content (AvgIpc) is 3.42. The second kappa shape index (κ2) is 11.2. The molecule has 2 amide bonds. The minimum atomic E-state index is -0.341. The molecule has 1 unspecified atom stereocenters. The Labute approximate surface area is 204 Å². The van der Waals surface area contributed by atoms with Gasteiger partial charge in [-0.05, 0) is 30.7 Å². The quantitative estimate of drug-likeness (QED) is 0.321. The molecule has 10 nitrogen and oxygen atoms in total. The number of amides is 2. The van der Waals surface area contributed by atoms with Gasteiger partial charge in [0.25, 0.3) is 0 Å². The lowest BCUT2D eigenvalue weighted by Crippen LogP contribution is -2.18. The van der Waals surface area contributed by atoms with Crippen LogP contribution in [0.15, 0.2) is 55.5 Å². The van der Waals surface area contributed by atoms with Crippen molar-refractivity contribution in [2.24, 2.45) is 14.1 Å². The third kappa shape index (κ3) is 5.78. The number of benzene rings is 1. The fourth-order valence-electron chi connectivity index (χ4n) is 3.53. The van der Waals surface area contributed by atoms with Gasteiger partial charge in [0.05, 0.1) is 36.1 Å². The van der Waals surface area contributed by atoms with E-state index in [2.05, 4.69) is 41.1 Å². The first-order chi connectivity index (χ1) is 16.8. The van der Waals surface area contributed by atoms with Crippen molar-refractivity contribution in [3.05, 3.63) is 67.0 Å². The van der Waals surface area contributed by atoms with E-state index >= 15 is 0 Å². The number of aryl methyl sites for hydroxylation is 1. The van der Waals surface area contributed by atoms with Crippen molar-refractivity contribution in [2.75, 3.05) is 22.6 Å². The number of imidazole rings is 1. The van der Waals surface area contributed by atoms with Gasteiger partial charge in [-0.25, -0.2) is 4.98 Å². The van der Waals surface area contributed by atoms with Gasteiger partial charge >= 0.3 is 0 Å². The number of anilines is 3. The molecule has 2 N–H and O–H groups in total. The fraction of sp³-hybridized carbons (Fsp3) is 0.280. The largest absolute Gasteiger partial charge is 0.481 e. The number of rotatable bonds is 11. The van der Waals surface area contributed by atoms with Gasteiger partial charge in [0, 0.05) is 38.1 Å². The molecule has 0 radical (unpaired) electrons. The molecule has 1 atom stereocenters. The third-order valence-electron chi connectivity index (χ3n) is 5.58. The summed E-state index contributed by atoms with van der Waals surface area (Å²) in [5, 5.41) is 10.7. The minimum Gasteiger partial charge on any atom is -0.481 e. The summed E-state index contributed by atoms with van der Waals surface area (Å²) in [6, 6.07) is 6.93. The maximum Gasteiger partial charge on any atom is 0.247 e. The van der Waals surface area contributed by atoms with Crippen molar-refractivity contribution in [1.82, 2.24) is 19.3 Å². The zero-order valence-electron chi connectivity index (χ0n) is 20.6. The number of ether oxygens (including phenoxy) is 1. The van der Waals surface area contributed by atoms with E-state index in [9.17, 15) is 9.59 Å². The second-order valence-corrected chi connectivity index (χ2v) is 8.02. The number of carbonyl (C=O) groups is 2. The van der Waals surface area contributed by atoms with Crippen molar-refractivity contribution < 1.29 is 14.3 Å². The monoisotopic (exact) mass is 477 g/mol. The molecular formula is C25H31N7O3. The van der Waals surface area contributed by atoms with Crippen molar-refractivity contribution in [3.63, 3.8) is 0 Å². The molecule has 0 saturated carbocycles. The summed E-state index contributed by atoms with van der Waals surface area (Å²) in [5.74, 6) is 1.01. The minimum absolute atomic E-state index is 0.225. The first kappa shape index (κ1) is 25.3. The molecule has 0 fully saturated rings. The molecule has 3 aromatic rings. The van der Waals surface area contributed by atoms with Gasteiger partial charge in [-0.3, -0.25) is 23.7 Å². The van der Waals surface area contributed by atoms with Crippen LogP contribution >= 0.6 is 0 Å². The van der Waals surface area contributed by atoms with E-state index in [4.69, 9.17) is 4.74 Å². The van der Waals surface area contributed by atoms with Crippen molar-refractivity contribution in [2.45, 2.75) is 26.2 Å². The molecule has 0 aliphatic rings. The number of nitrogens with zero attached hydrogens (tertiary/aromatic N) is 5. The molecule has 3 rings (SSSR count). The molecule has 2 heterocycles. The maximum absolute atomic E-state index is 12.2. The van der Waals surface area contributed by atoms with Gasteiger partial charge in [-0.2, -0.15) is 5.10 Å². The number of methoxy groups -OCH3 is 1. The van der Waals surface area contributed by atoms with E-state index in [0.29, 0.717) is 35.2 Å². The highest BCUT2D eigenvalue weighted by Gasteiger charge is 2.19. The molecule has 1 aromatic carbocycles. The topological polar surface area (TPSA) is 106 Å². The van der Waals surface area contributed by atoms with Gasteiger partial charge in [0.1, 0.15) is 0 Å². The summed E-state index contributed by atoms with van der Waals surface area (Å²) in [5.41, 5.74) is 3.37. The summed E-state index contributed by atoms with van der Waals surface area (Å²) in [6.45, 7) is 7.68. The normalized spacial score (nSPS) is 12.1. The molecule has 35 heavy (non-hydrogen) atoms. The Morgan fingerprint density at radius 3 is 2.71 bits per heavy atom. The molecule has 2 aromatic heterocycles. The van der Waals surface area contributed by atoms with Crippen LogP contribution in [0.4, 0.5) is 17.1 Å². The van der Waals surface area contributed by atoms with Gasteiger partial charge in [-0.1, -0.05) is 26.5 Å². The zero-order valence-corrected chi connectivity index (χ0v) is 20.6. The van der Waals surface area contributed by atoms with Crippen LogP contribution in [0, 0.1) is 0 Å². The highest BCUT2D eigenvalue weighted by atomic mass is 16.5. The smallest absolute Gasteiger partial charge is 0.247 e. The lowest BCUT2D eigenvalue weighted by Gasteiger charge is -2.18. The van der Waals surface area contributed by atoms with Crippen LogP contribution in [0.25, 0.3) is 5.70 Å². The van der Waals surface area contributed by atoms with Crippen LogP contribution in [-0.4, -0.2) is 38.8 Å². The van der Waals surface area contributed by atoms with Gasteiger partial charge < -0.3 is 15.4 Å². The molecular weight excluding hydrogens is 446 g/mol. The standard InChI is InChI=1S/C25H31N7O3/c1-7-17(3)24-20(14-30(4)29-24)28-21(25-26-13-23(35-6)31(25)5)15-32(16-33)19-11-9-10-18(12-19)27-22(34)8-2/h8-17,28H,2,7H2,1,3-6H3,(H,27,34)/b21-15+. The predicted molar refractivity (Wildman–Crippen MR) is 137 cm³/mol. The molecule has 0 aliphatic heterocycles. The highest BCUT2D eigenvalue weighted by Crippen LogP contribution is 2.30. The van der Waals surface area contributed by atoms with E-state index in [0.717, 1.165) is 17.8 Å². The summed E-state index contributed by atoms with van der Waals surface area (Å²) in [4.78, 5) is 29.8. The molecule has 184 valence electrons. The zero-order chi connectivity index (χ0) is 25.5.